The van der Waals surface area contributed by atoms with Crippen LogP contribution in [0.1, 0.15) is 27.7 Å². The predicted molar refractivity (Wildman–Crippen MR) is 67.9 cm³/mol. The molecule has 0 unspecified atom stereocenters. The van der Waals surface area contributed by atoms with Gasteiger partial charge in [-0.1, -0.05) is 27.7 Å². The lowest BCUT2D eigenvalue weighted by atomic mass is 10.2. The highest BCUT2D eigenvalue weighted by Crippen LogP contribution is 2.11. The fourth-order valence-electron chi connectivity index (χ4n) is 1.06. The highest BCUT2D eigenvalue weighted by molar-refractivity contribution is 5.92. The molecule has 0 radical (unpaired) electrons. The van der Waals surface area contributed by atoms with Gasteiger partial charge in [0, 0.05) is 18.9 Å². The van der Waals surface area contributed by atoms with Crippen molar-refractivity contribution in [2.75, 3.05) is 10.6 Å². The zero-order chi connectivity index (χ0) is 13.9. The molecule has 0 spiro atoms. The molecule has 1 aromatic rings. The van der Waals surface area contributed by atoms with Gasteiger partial charge in [0.2, 0.25) is 23.7 Å². The molecule has 0 aliphatic rings. The van der Waals surface area contributed by atoms with E-state index in [4.69, 9.17) is 0 Å². The van der Waals surface area contributed by atoms with Gasteiger partial charge in [0.1, 0.15) is 0 Å². The van der Waals surface area contributed by atoms with Crippen molar-refractivity contribution in [1.29, 1.82) is 0 Å². The Balaban J connectivity index is 2.78. The van der Waals surface area contributed by atoms with Crippen molar-refractivity contribution in [3.05, 3.63) is 0 Å². The molecule has 1 rings (SSSR count). The molecule has 0 aliphatic carbocycles. The monoisotopic (exact) mass is 253 g/mol. The molecule has 2 amide bonds. The van der Waals surface area contributed by atoms with Gasteiger partial charge in [-0.2, -0.15) is 0 Å². The van der Waals surface area contributed by atoms with Crippen LogP contribution in [0.5, 0.6) is 0 Å². The summed E-state index contributed by atoms with van der Waals surface area (Å²) < 4.78 is 1.53. The summed E-state index contributed by atoms with van der Waals surface area (Å²) in [4.78, 5) is 23.0. The smallest absolute Gasteiger partial charge is 0.232 e. The number of rotatable bonds is 4. The van der Waals surface area contributed by atoms with Gasteiger partial charge in [-0.25, -0.2) is 0 Å². The molecule has 1 aromatic heterocycles. The molecule has 0 atom stereocenters. The van der Waals surface area contributed by atoms with Crippen molar-refractivity contribution in [3.8, 4) is 0 Å². The second kappa shape index (κ2) is 5.61. The second-order valence-corrected chi connectivity index (χ2v) is 4.69. The van der Waals surface area contributed by atoms with E-state index in [2.05, 4.69) is 20.8 Å². The number of carbonyl (C=O) groups excluding carboxylic acids is 2. The van der Waals surface area contributed by atoms with E-state index in [1.165, 1.54) is 4.57 Å². The Morgan fingerprint density at radius 1 is 0.944 bits per heavy atom. The van der Waals surface area contributed by atoms with E-state index in [-0.39, 0.29) is 23.7 Å². The summed E-state index contributed by atoms with van der Waals surface area (Å²) in [7, 11) is 1.67. The van der Waals surface area contributed by atoms with Crippen molar-refractivity contribution in [2.24, 2.45) is 18.9 Å². The number of anilines is 2. The fraction of sp³-hybridized carbons (Fsp3) is 0.636. The van der Waals surface area contributed by atoms with Crippen LogP contribution in [0.15, 0.2) is 0 Å². The molecule has 1 heterocycles. The average Bonchev–Trinajstić information content (AvgIpc) is 2.61. The molecular weight excluding hydrogens is 234 g/mol. The molecule has 18 heavy (non-hydrogen) atoms. The highest BCUT2D eigenvalue weighted by Gasteiger charge is 2.16. The van der Waals surface area contributed by atoms with Crippen LogP contribution in [0.4, 0.5) is 11.9 Å². The molecule has 0 saturated carbocycles. The van der Waals surface area contributed by atoms with Crippen LogP contribution >= 0.6 is 0 Å². The number of nitrogens with one attached hydrogen (secondary N) is 2. The van der Waals surface area contributed by atoms with Crippen LogP contribution in [0, 0.1) is 11.8 Å². The predicted octanol–water partition coefficient (Wildman–Crippen LogP) is 1.00. The number of aromatic nitrogens is 3. The summed E-state index contributed by atoms with van der Waals surface area (Å²) in [6, 6.07) is 0. The number of hydrogen-bond donors (Lipinski definition) is 2. The normalized spacial score (nSPS) is 10.8. The molecule has 0 bridgehead atoms. The molecular formula is C11H19N5O2. The molecule has 7 nitrogen and oxygen atoms in total. The van der Waals surface area contributed by atoms with Gasteiger partial charge in [-0.05, 0) is 0 Å². The number of hydrogen-bond acceptors (Lipinski definition) is 4. The minimum Gasteiger partial charge on any atom is -0.294 e. The zero-order valence-electron chi connectivity index (χ0n) is 11.3. The van der Waals surface area contributed by atoms with E-state index in [1.54, 1.807) is 34.7 Å². The summed E-state index contributed by atoms with van der Waals surface area (Å²) in [6.45, 7) is 7.14. The van der Waals surface area contributed by atoms with Crippen molar-refractivity contribution in [1.82, 2.24) is 14.8 Å². The standard InChI is InChI=1S/C11H19N5O2/c1-6(2)8(17)12-10-14-15-11(16(10)5)13-9(18)7(3)4/h6-7H,1-5H3,(H,12,14,17)(H,13,15,18). The SMILES string of the molecule is CC(C)C(=O)Nc1nnc(NC(=O)C(C)C)n1C. The third-order valence-corrected chi connectivity index (χ3v) is 2.39. The molecule has 0 aliphatic heterocycles. The molecule has 100 valence electrons. The van der Waals surface area contributed by atoms with Gasteiger partial charge in [0.25, 0.3) is 0 Å². The first kappa shape index (κ1) is 14.1. The van der Waals surface area contributed by atoms with Crippen LogP contribution in [0.3, 0.4) is 0 Å². The van der Waals surface area contributed by atoms with E-state index in [0.717, 1.165) is 0 Å². The number of nitrogens with zero attached hydrogens (tertiary/aromatic N) is 3. The Labute approximate surface area is 106 Å². The van der Waals surface area contributed by atoms with Crippen molar-refractivity contribution in [3.63, 3.8) is 0 Å². The number of amides is 2. The maximum atomic E-state index is 11.5. The summed E-state index contributed by atoms with van der Waals surface area (Å²) in [6.07, 6.45) is 0. The summed E-state index contributed by atoms with van der Waals surface area (Å²) in [5, 5.41) is 12.9. The second-order valence-electron chi connectivity index (χ2n) is 4.69. The Kier molecular flexibility index (Phi) is 4.41. The van der Waals surface area contributed by atoms with Crippen LogP contribution < -0.4 is 10.6 Å². The van der Waals surface area contributed by atoms with E-state index in [1.807, 2.05) is 0 Å². The Morgan fingerprint density at radius 3 is 1.56 bits per heavy atom. The minimum atomic E-state index is -0.146. The summed E-state index contributed by atoms with van der Waals surface area (Å²) >= 11 is 0. The third kappa shape index (κ3) is 3.28. The van der Waals surface area contributed by atoms with Gasteiger partial charge >= 0.3 is 0 Å². The van der Waals surface area contributed by atoms with Crippen LogP contribution in [0.25, 0.3) is 0 Å². The van der Waals surface area contributed by atoms with E-state index in [9.17, 15) is 9.59 Å². The Morgan fingerprint density at radius 2 is 1.28 bits per heavy atom. The van der Waals surface area contributed by atoms with Crippen LogP contribution in [-0.2, 0) is 16.6 Å². The van der Waals surface area contributed by atoms with E-state index >= 15 is 0 Å². The zero-order valence-corrected chi connectivity index (χ0v) is 11.3. The van der Waals surface area contributed by atoms with Crippen molar-refractivity contribution in [2.45, 2.75) is 27.7 Å². The van der Waals surface area contributed by atoms with Gasteiger partial charge in [0.15, 0.2) is 0 Å². The topological polar surface area (TPSA) is 88.9 Å². The quantitative estimate of drug-likeness (QED) is 0.838. The number of carbonyl (C=O) groups is 2. The van der Waals surface area contributed by atoms with Crippen LogP contribution in [0.2, 0.25) is 0 Å². The molecule has 0 aromatic carbocycles. The third-order valence-electron chi connectivity index (χ3n) is 2.39. The van der Waals surface area contributed by atoms with Gasteiger partial charge < -0.3 is 0 Å². The molecule has 2 N–H and O–H groups in total. The minimum absolute atomic E-state index is 0.143. The van der Waals surface area contributed by atoms with Gasteiger partial charge in [0.05, 0.1) is 0 Å². The first-order valence-corrected chi connectivity index (χ1v) is 5.84. The average molecular weight is 253 g/mol. The first-order chi connectivity index (χ1) is 8.32. The lowest BCUT2D eigenvalue weighted by Gasteiger charge is -2.09. The maximum Gasteiger partial charge on any atom is 0.232 e. The maximum absolute atomic E-state index is 11.5. The van der Waals surface area contributed by atoms with Gasteiger partial charge in [-0.15, -0.1) is 10.2 Å². The summed E-state index contributed by atoms with van der Waals surface area (Å²) in [5.74, 6) is 0.0470. The largest absolute Gasteiger partial charge is 0.294 e. The summed E-state index contributed by atoms with van der Waals surface area (Å²) in [5.41, 5.74) is 0. The fourth-order valence-corrected chi connectivity index (χ4v) is 1.06. The van der Waals surface area contributed by atoms with Gasteiger partial charge in [-0.3, -0.25) is 24.8 Å². The first-order valence-electron chi connectivity index (χ1n) is 5.84. The lowest BCUT2D eigenvalue weighted by Crippen LogP contribution is -2.22. The highest BCUT2D eigenvalue weighted by atomic mass is 16.2. The van der Waals surface area contributed by atoms with E-state index < -0.39 is 0 Å². The molecule has 0 saturated heterocycles. The molecule has 0 fully saturated rings. The Hall–Kier alpha value is -1.92. The lowest BCUT2D eigenvalue weighted by molar-refractivity contribution is -0.119. The van der Waals surface area contributed by atoms with E-state index in [0.29, 0.717) is 11.9 Å². The van der Waals surface area contributed by atoms with Crippen LogP contribution in [-0.4, -0.2) is 26.6 Å². The van der Waals surface area contributed by atoms with Crippen molar-refractivity contribution < 1.29 is 9.59 Å². The molecule has 7 heteroatoms. The Bertz CT molecular complexity index is 411. The van der Waals surface area contributed by atoms with Crippen molar-refractivity contribution >= 4 is 23.7 Å².